The molecule has 0 aromatic heterocycles. The van der Waals surface area contributed by atoms with Crippen LogP contribution in [0.3, 0.4) is 0 Å². The summed E-state index contributed by atoms with van der Waals surface area (Å²) < 4.78 is 0. The molecule has 1 aromatic rings. The summed E-state index contributed by atoms with van der Waals surface area (Å²) in [5.74, 6) is -0.786. The second-order valence-electron chi connectivity index (χ2n) is 2.06. The molecule has 3 heteroatoms. The molecule has 4 N–H and O–H groups in total. The Morgan fingerprint density at radius 3 is 2.27 bits per heavy atom. The lowest BCUT2D eigenvalue weighted by atomic mass is 10.2. The molecule has 3 nitrogen and oxygen atoms in total. The van der Waals surface area contributed by atoms with Crippen molar-refractivity contribution in [2.45, 2.75) is 6.42 Å². The third-order valence-corrected chi connectivity index (χ3v) is 1.20. The van der Waals surface area contributed by atoms with E-state index in [0.29, 0.717) is 0 Å². The Morgan fingerprint density at radius 2 is 1.82 bits per heavy atom. The van der Waals surface area contributed by atoms with Crippen molar-refractivity contribution in [2.75, 3.05) is 0 Å². The van der Waals surface area contributed by atoms with Gasteiger partial charge >= 0.3 is 5.97 Å². The maximum atomic E-state index is 10.2. The van der Waals surface area contributed by atoms with Gasteiger partial charge in [0.2, 0.25) is 0 Å². The highest BCUT2D eigenvalue weighted by molar-refractivity contribution is 5.70. The van der Waals surface area contributed by atoms with Gasteiger partial charge in [0.25, 0.3) is 0 Å². The lowest BCUT2D eigenvalue weighted by Crippen LogP contribution is -1.98. The zero-order chi connectivity index (χ0) is 7.40. The van der Waals surface area contributed by atoms with E-state index >= 15 is 0 Å². The van der Waals surface area contributed by atoms with E-state index in [-0.39, 0.29) is 12.6 Å². The third kappa shape index (κ3) is 3.37. The monoisotopic (exact) mass is 153 g/mol. The first-order valence-electron chi connectivity index (χ1n) is 3.05. The van der Waals surface area contributed by atoms with Crippen LogP contribution in [-0.4, -0.2) is 11.1 Å². The normalized spacial score (nSPS) is 8.36. The van der Waals surface area contributed by atoms with Crippen LogP contribution < -0.4 is 6.15 Å². The maximum Gasteiger partial charge on any atom is 0.307 e. The molecule has 0 aliphatic heterocycles. The number of carboxylic acid groups (broad SMARTS) is 1. The van der Waals surface area contributed by atoms with Crippen molar-refractivity contribution < 1.29 is 9.90 Å². The van der Waals surface area contributed by atoms with Crippen LogP contribution in [0.4, 0.5) is 0 Å². The first-order chi connectivity index (χ1) is 4.79. The minimum Gasteiger partial charge on any atom is -0.481 e. The summed E-state index contributed by atoms with van der Waals surface area (Å²) in [6.45, 7) is 0. The zero-order valence-electron chi connectivity index (χ0n) is 6.16. The van der Waals surface area contributed by atoms with Gasteiger partial charge in [0.1, 0.15) is 0 Å². The van der Waals surface area contributed by atoms with Gasteiger partial charge in [0, 0.05) is 0 Å². The van der Waals surface area contributed by atoms with Crippen molar-refractivity contribution in [1.82, 2.24) is 6.15 Å². The van der Waals surface area contributed by atoms with E-state index in [4.69, 9.17) is 5.11 Å². The van der Waals surface area contributed by atoms with Crippen LogP contribution in [0, 0.1) is 0 Å². The van der Waals surface area contributed by atoms with E-state index in [1.807, 2.05) is 18.2 Å². The number of hydrogen-bond acceptors (Lipinski definition) is 2. The molecule has 0 spiro atoms. The Hall–Kier alpha value is -1.35. The topological polar surface area (TPSA) is 72.3 Å². The Kier molecular flexibility index (Phi) is 3.92. The van der Waals surface area contributed by atoms with Crippen LogP contribution in [0.15, 0.2) is 30.3 Å². The van der Waals surface area contributed by atoms with Crippen LogP contribution in [0.5, 0.6) is 0 Å². The molecule has 0 atom stereocenters. The summed E-state index contributed by atoms with van der Waals surface area (Å²) in [7, 11) is 0. The molecule has 60 valence electrons. The molecule has 0 bridgehead atoms. The fraction of sp³-hybridized carbons (Fsp3) is 0.125. The van der Waals surface area contributed by atoms with Crippen molar-refractivity contribution >= 4 is 5.97 Å². The van der Waals surface area contributed by atoms with E-state index in [1.165, 1.54) is 0 Å². The molecule has 0 saturated carbocycles. The third-order valence-electron chi connectivity index (χ3n) is 1.20. The first kappa shape index (κ1) is 9.65. The van der Waals surface area contributed by atoms with Crippen LogP contribution in [0.2, 0.25) is 0 Å². The van der Waals surface area contributed by atoms with Gasteiger partial charge in [0.15, 0.2) is 0 Å². The van der Waals surface area contributed by atoms with Gasteiger partial charge in [-0.15, -0.1) is 0 Å². The number of benzene rings is 1. The zero-order valence-corrected chi connectivity index (χ0v) is 6.16. The fourth-order valence-electron chi connectivity index (χ4n) is 0.770. The van der Waals surface area contributed by atoms with Gasteiger partial charge in [-0.25, -0.2) is 0 Å². The smallest absolute Gasteiger partial charge is 0.307 e. The number of rotatable bonds is 2. The minimum absolute atomic E-state index is 0. The highest BCUT2D eigenvalue weighted by atomic mass is 16.4. The van der Waals surface area contributed by atoms with E-state index in [2.05, 4.69) is 0 Å². The minimum atomic E-state index is -0.786. The molecule has 0 aliphatic rings. The van der Waals surface area contributed by atoms with Crippen LogP contribution in [0.25, 0.3) is 0 Å². The summed E-state index contributed by atoms with van der Waals surface area (Å²) in [6.07, 6.45) is 0.112. The van der Waals surface area contributed by atoms with Crippen LogP contribution in [0.1, 0.15) is 5.56 Å². The SMILES string of the molecule is N.O=C(O)Cc1ccccc1. The molecule has 1 aromatic carbocycles. The molecule has 1 rings (SSSR count). The van der Waals surface area contributed by atoms with Crippen molar-refractivity contribution in [3.8, 4) is 0 Å². The summed E-state index contributed by atoms with van der Waals surface area (Å²) in [5.41, 5.74) is 0.843. The lowest BCUT2D eigenvalue weighted by molar-refractivity contribution is -0.136. The molecule has 0 heterocycles. The highest BCUT2D eigenvalue weighted by Crippen LogP contribution is 1.98. The van der Waals surface area contributed by atoms with Gasteiger partial charge in [0.05, 0.1) is 6.42 Å². The maximum absolute atomic E-state index is 10.2. The summed E-state index contributed by atoms with van der Waals surface area (Å²) in [6, 6.07) is 9.13. The molecule has 0 saturated heterocycles. The van der Waals surface area contributed by atoms with Gasteiger partial charge in [-0.2, -0.15) is 0 Å². The highest BCUT2D eigenvalue weighted by Gasteiger charge is 1.96. The van der Waals surface area contributed by atoms with Gasteiger partial charge < -0.3 is 11.3 Å². The average molecular weight is 153 g/mol. The molecular formula is C8H11NO2. The number of hydrogen-bond donors (Lipinski definition) is 2. The van der Waals surface area contributed by atoms with Crippen LogP contribution >= 0.6 is 0 Å². The molecule has 0 radical (unpaired) electrons. The largest absolute Gasteiger partial charge is 0.481 e. The van der Waals surface area contributed by atoms with Crippen molar-refractivity contribution in [1.29, 1.82) is 0 Å². The van der Waals surface area contributed by atoms with E-state index in [1.54, 1.807) is 12.1 Å². The van der Waals surface area contributed by atoms with Crippen molar-refractivity contribution in [2.24, 2.45) is 0 Å². The Balaban J connectivity index is 0.000001000. The second kappa shape index (κ2) is 4.46. The lowest BCUT2D eigenvalue weighted by Gasteiger charge is -1.92. The molecule has 0 aliphatic carbocycles. The fourth-order valence-corrected chi connectivity index (χ4v) is 0.770. The van der Waals surface area contributed by atoms with Crippen molar-refractivity contribution in [3.63, 3.8) is 0 Å². The standard InChI is InChI=1S/C8H8O2.H3N/c9-8(10)6-7-4-2-1-3-5-7;/h1-5H,6H2,(H,9,10);1H3. The first-order valence-corrected chi connectivity index (χ1v) is 3.05. The van der Waals surface area contributed by atoms with Gasteiger partial charge in [-0.3, -0.25) is 4.79 Å². The van der Waals surface area contributed by atoms with Crippen LogP contribution in [-0.2, 0) is 11.2 Å². The predicted octanol–water partition coefficient (Wildman–Crippen LogP) is 1.48. The predicted molar refractivity (Wildman–Crippen MR) is 42.8 cm³/mol. The molecular weight excluding hydrogens is 142 g/mol. The average Bonchev–Trinajstić information content (AvgIpc) is 1.88. The Morgan fingerprint density at radius 1 is 1.27 bits per heavy atom. The molecule has 0 amide bonds. The van der Waals surface area contributed by atoms with E-state index < -0.39 is 5.97 Å². The summed E-state index contributed by atoms with van der Waals surface area (Å²) in [5, 5.41) is 8.37. The summed E-state index contributed by atoms with van der Waals surface area (Å²) in [4.78, 5) is 10.2. The quantitative estimate of drug-likeness (QED) is 0.675. The van der Waals surface area contributed by atoms with Gasteiger partial charge in [-0.05, 0) is 5.56 Å². The number of carbonyl (C=O) groups is 1. The number of carboxylic acids is 1. The Labute approximate surface area is 65.3 Å². The molecule has 0 fully saturated rings. The Bertz CT molecular complexity index is 221. The van der Waals surface area contributed by atoms with Gasteiger partial charge in [-0.1, -0.05) is 30.3 Å². The molecule has 0 unspecified atom stereocenters. The summed E-state index contributed by atoms with van der Waals surface area (Å²) >= 11 is 0. The van der Waals surface area contributed by atoms with E-state index in [0.717, 1.165) is 5.56 Å². The van der Waals surface area contributed by atoms with Crippen molar-refractivity contribution in [3.05, 3.63) is 35.9 Å². The molecule has 11 heavy (non-hydrogen) atoms. The van der Waals surface area contributed by atoms with E-state index in [9.17, 15) is 4.79 Å². The number of aliphatic carboxylic acids is 1. The second-order valence-corrected chi connectivity index (χ2v) is 2.06.